The van der Waals surface area contributed by atoms with E-state index in [-0.39, 0.29) is 18.0 Å². The van der Waals surface area contributed by atoms with Gasteiger partial charge in [-0.05, 0) is 49.2 Å². The number of methoxy groups -OCH3 is 1. The number of benzene rings is 2. The maximum absolute atomic E-state index is 12.8. The Morgan fingerprint density at radius 1 is 1.07 bits per heavy atom. The topological polar surface area (TPSA) is 117 Å². The predicted octanol–water partition coefficient (Wildman–Crippen LogP) is 1.11. The van der Waals surface area contributed by atoms with Crippen LogP contribution >= 0.6 is 0 Å². The highest BCUT2D eigenvalue weighted by Gasteiger charge is 2.39. The van der Waals surface area contributed by atoms with Gasteiger partial charge in [0, 0.05) is 12.2 Å². The van der Waals surface area contributed by atoms with Gasteiger partial charge in [0.15, 0.2) is 0 Å². The monoisotopic (exact) mass is 432 g/mol. The SMILES string of the molecule is COc1ccc(NCC(=O)NNC(=O)C2CCCN2S(=O)(=O)c2ccccc2)cc1. The molecule has 0 radical (unpaired) electrons. The molecule has 1 unspecified atom stereocenters. The van der Waals surface area contributed by atoms with E-state index in [0.29, 0.717) is 24.3 Å². The molecule has 3 N–H and O–H groups in total. The molecule has 1 aliphatic heterocycles. The fourth-order valence-corrected chi connectivity index (χ4v) is 4.85. The maximum atomic E-state index is 12.8. The molecule has 30 heavy (non-hydrogen) atoms. The minimum absolute atomic E-state index is 0.0662. The zero-order chi connectivity index (χ0) is 21.6. The van der Waals surface area contributed by atoms with Gasteiger partial charge in [-0.2, -0.15) is 4.31 Å². The molecule has 0 aliphatic carbocycles. The highest BCUT2D eigenvalue weighted by atomic mass is 32.2. The first-order valence-electron chi connectivity index (χ1n) is 9.45. The normalized spacial score (nSPS) is 16.6. The van der Waals surface area contributed by atoms with E-state index in [1.165, 1.54) is 16.4 Å². The Bertz CT molecular complexity index is 980. The Morgan fingerprint density at radius 2 is 1.77 bits per heavy atom. The van der Waals surface area contributed by atoms with Crippen molar-refractivity contribution in [2.75, 3.05) is 25.5 Å². The van der Waals surface area contributed by atoms with Crippen molar-refractivity contribution >= 4 is 27.5 Å². The van der Waals surface area contributed by atoms with E-state index in [1.807, 2.05) is 0 Å². The Hall–Kier alpha value is -3.11. The number of nitrogens with one attached hydrogen (secondary N) is 3. The van der Waals surface area contributed by atoms with Crippen LogP contribution in [0.2, 0.25) is 0 Å². The summed E-state index contributed by atoms with van der Waals surface area (Å²) in [6.07, 6.45) is 0.953. The first kappa shape index (κ1) is 21.6. The lowest BCUT2D eigenvalue weighted by atomic mass is 10.2. The van der Waals surface area contributed by atoms with Crippen LogP contribution in [0.5, 0.6) is 5.75 Å². The number of ether oxygens (including phenoxy) is 1. The highest BCUT2D eigenvalue weighted by Crippen LogP contribution is 2.26. The third-order valence-electron chi connectivity index (χ3n) is 4.72. The second-order valence-corrected chi connectivity index (χ2v) is 8.60. The average molecular weight is 433 g/mol. The Balaban J connectivity index is 1.52. The van der Waals surface area contributed by atoms with E-state index >= 15 is 0 Å². The molecule has 10 heteroatoms. The first-order chi connectivity index (χ1) is 14.4. The largest absolute Gasteiger partial charge is 0.497 e. The Labute approximate surface area is 175 Å². The summed E-state index contributed by atoms with van der Waals surface area (Å²) >= 11 is 0. The lowest BCUT2D eigenvalue weighted by molar-refractivity contribution is -0.130. The third-order valence-corrected chi connectivity index (χ3v) is 6.65. The summed E-state index contributed by atoms with van der Waals surface area (Å²) < 4.78 is 31.9. The molecule has 160 valence electrons. The number of hydrazine groups is 1. The molecule has 2 aromatic carbocycles. The van der Waals surface area contributed by atoms with Crippen LogP contribution in [-0.4, -0.2) is 50.8 Å². The number of nitrogens with zero attached hydrogens (tertiary/aromatic N) is 1. The van der Waals surface area contributed by atoms with Gasteiger partial charge in [-0.1, -0.05) is 18.2 Å². The molecule has 0 spiro atoms. The van der Waals surface area contributed by atoms with Crippen molar-refractivity contribution in [2.24, 2.45) is 0 Å². The molecule has 1 saturated heterocycles. The second-order valence-electron chi connectivity index (χ2n) is 6.71. The molecule has 2 aromatic rings. The van der Waals surface area contributed by atoms with E-state index in [1.54, 1.807) is 49.6 Å². The van der Waals surface area contributed by atoms with Crippen molar-refractivity contribution in [2.45, 2.75) is 23.8 Å². The summed E-state index contributed by atoms with van der Waals surface area (Å²) in [5, 5.41) is 2.92. The van der Waals surface area contributed by atoms with E-state index < -0.39 is 27.9 Å². The molecule has 0 saturated carbocycles. The molecule has 1 heterocycles. The van der Waals surface area contributed by atoms with E-state index in [0.717, 1.165) is 0 Å². The number of carbonyl (C=O) groups is 2. The molecule has 2 amide bonds. The number of carbonyl (C=O) groups excluding carboxylic acids is 2. The molecule has 9 nitrogen and oxygen atoms in total. The van der Waals surface area contributed by atoms with Gasteiger partial charge >= 0.3 is 0 Å². The minimum Gasteiger partial charge on any atom is -0.497 e. The molecule has 1 aliphatic rings. The smallest absolute Gasteiger partial charge is 0.257 e. The van der Waals surface area contributed by atoms with Gasteiger partial charge < -0.3 is 10.1 Å². The number of sulfonamides is 1. The lowest BCUT2D eigenvalue weighted by Gasteiger charge is -2.23. The lowest BCUT2D eigenvalue weighted by Crippen LogP contribution is -2.52. The summed E-state index contributed by atoms with van der Waals surface area (Å²) in [4.78, 5) is 24.7. The predicted molar refractivity (Wildman–Crippen MR) is 111 cm³/mol. The third kappa shape index (κ3) is 5.08. The quantitative estimate of drug-likeness (QED) is 0.565. The van der Waals surface area contributed by atoms with Crippen LogP contribution in [0, 0.1) is 0 Å². The van der Waals surface area contributed by atoms with Gasteiger partial charge in [-0.3, -0.25) is 20.4 Å². The highest BCUT2D eigenvalue weighted by molar-refractivity contribution is 7.89. The van der Waals surface area contributed by atoms with E-state index in [9.17, 15) is 18.0 Å². The van der Waals surface area contributed by atoms with Crippen LogP contribution in [0.4, 0.5) is 5.69 Å². The zero-order valence-corrected chi connectivity index (χ0v) is 17.3. The van der Waals surface area contributed by atoms with Gasteiger partial charge in [0.2, 0.25) is 10.0 Å². The summed E-state index contributed by atoms with van der Waals surface area (Å²) in [5.41, 5.74) is 5.36. The van der Waals surface area contributed by atoms with Crippen LogP contribution in [0.3, 0.4) is 0 Å². The van der Waals surface area contributed by atoms with Crippen molar-refractivity contribution in [1.82, 2.24) is 15.2 Å². The molecular formula is C20H24N4O5S. The Kier molecular flexibility index (Phi) is 6.91. The molecule has 3 rings (SSSR count). The van der Waals surface area contributed by atoms with Crippen LogP contribution < -0.4 is 20.9 Å². The van der Waals surface area contributed by atoms with Crippen molar-refractivity contribution < 1.29 is 22.7 Å². The molecular weight excluding hydrogens is 408 g/mol. The Morgan fingerprint density at radius 3 is 2.43 bits per heavy atom. The summed E-state index contributed by atoms with van der Waals surface area (Å²) in [6, 6.07) is 14.1. The summed E-state index contributed by atoms with van der Waals surface area (Å²) in [6.45, 7) is 0.186. The summed E-state index contributed by atoms with van der Waals surface area (Å²) in [7, 11) is -2.22. The van der Waals surface area contributed by atoms with E-state index in [2.05, 4.69) is 16.2 Å². The molecule has 1 fully saturated rings. The molecule has 0 bridgehead atoms. The zero-order valence-electron chi connectivity index (χ0n) is 16.5. The van der Waals surface area contributed by atoms with Gasteiger partial charge in [0.1, 0.15) is 11.8 Å². The van der Waals surface area contributed by atoms with Gasteiger partial charge in [-0.15, -0.1) is 0 Å². The van der Waals surface area contributed by atoms with Crippen molar-refractivity contribution in [3.05, 3.63) is 54.6 Å². The van der Waals surface area contributed by atoms with Gasteiger partial charge in [-0.25, -0.2) is 8.42 Å². The second kappa shape index (κ2) is 9.59. The van der Waals surface area contributed by atoms with Crippen LogP contribution in [-0.2, 0) is 19.6 Å². The standard InChI is InChI=1S/C20H24N4O5S/c1-29-16-11-9-15(10-12-16)21-14-19(25)22-23-20(26)18-8-5-13-24(18)30(27,28)17-6-3-2-4-7-17/h2-4,6-7,9-12,18,21H,5,8,13-14H2,1H3,(H,22,25)(H,23,26). The maximum Gasteiger partial charge on any atom is 0.257 e. The number of amides is 2. The van der Waals surface area contributed by atoms with E-state index in [4.69, 9.17) is 4.74 Å². The minimum atomic E-state index is -3.79. The van der Waals surface area contributed by atoms with Gasteiger partial charge in [0.25, 0.3) is 11.8 Å². The van der Waals surface area contributed by atoms with Crippen molar-refractivity contribution in [3.63, 3.8) is 0 Å². The summed E-state index contributed by atoms with van der Waals surface area (Å²) in [5.74, 6) is -0.330. The molecule has 1 atom stereocenters. The van der Waals surface area contributed by atoms with Gasteiger partial charge in [0.05, 0.1) is 18.6 Å². The number of hydrogen-bond acceptors (Lipinski definition) is 6. The van der Waals surface area contributed by atoms with Crippen LogP contribution in [0.25, 0.3) is 0 Å². The fraction of sp³-hybridized carbons (Fsp3) is 0.300. The molecule has 0 aromatic heterocycles. The number of rotatable bonds is 7. The fourth-order valence-electron chi connectivity index (χ4n) is 3.17. The van der Waals surface area contributed by atoms with Crippen molar-refractivity contribution in [1.29, 1.82) is 0 Å². The number of anilines is 1. The average Bonchev–Trinajstić information content (AvgIpc) is 3.28. The van der Waals surface area contributed by atoms with Crippen LogP contribution in [0.15, 0.2) is 59.5 Å². The van der Waals surface area contributed by atoms with Crippen LogP contribution in [0.1, 0.15) is 12.8 Å². The van der Waals surface area contributed by atoms with Crippen molar-refractivity contribution in [3.8, 4) is 5.75 Å². The first-order valence-corrected chi connectivity index (χ1v) is 10.9. The number of hydrogen-bond donors (Lipinski definition) is 3.